The monoisotopic (exact) mass is 296 g/mol. The lowest BCUT2D eigenvalue weighted by molar-refractivity contribution is 0.318. The molecule has 2 aromatic heterocycles. The van der Waals surface area contributed by atoms with Crippen molar-refractivity contribution >= 4 is 28.5 Å². The molecule has 3 rings (SSSR count). The summed E-state index contributed by atoms with van der Waals surface area (Å²) >= 11 is 1.38. The van der Waals surface area contributed by atoms with E-state index in [1.54, 1.807) is 6.20 Å². The van der Waals surface area contributed by atoms with Gasteiger partial charge in [0.1, 0.15) is 10.1 Å². The highest BCUT2D eigenvalue weighted by Crippen LogP contribution is 2.29. The lowest BCUT2D eigenvalue weighted by Gasteiger charge is -2.08. The average Bonchev–Trinajstić information content (AvgIpc) is 2.54. The highest BCUT2D eigenvalue weighted by molar-refractivity contribution is 7.99. The van der Waals surface area contributed by atoms with Gasteiger partial charge >= 0.3 is 0 Å². The van der Waals surface area contributed by atoms with Crippen LogP contribution in [0, 0.1) is 0 Å². The van der Waals surface area contributed by atoms with Crippen LogP contribution in [0.15, 0.2) is 69.9 Å². The fourth-order valence-corrected chi connectivity index (χ4v) is 2.80. The highest BCUT2D eigenvalue weighted by Gasteiger charge is 2.12. The molecule has 0 spiro atoms. The summed E-state index contributed by atoms with van der Waals surface area (Å²) in [5.41, 5.74) is 7.21. The lowest BCUT2D eigenvalue weighted by atomic mass is 10.1. The second-order valence-electron chi connectivity index (χ2n) is 4.29. The zero-order valence-electron chi connectivity index (χ0n) is 11.0. The first kappa shape index (κ1) is 13.4. The van der Waals surface area contributed by atoms with Gasteiger partial charge in [0.2, 0.25) is 0 Å². The Morgan fingerprint density at radius 3 is 2.71 bits per heavy atom. The van der Waals surface area contributed by atoms with E-state index in [4.69, 9.17) is 10.9 Å². The third kappa shape index (κ3) is 2.80. The van der Waals surface area contributed by atoms with Gasteiger partial charge in [-0.25, -0.2) is 9.97 Å². The van der Waals surface area contributed by atoms with Crippen LogP contribution in [-0.2, 0) is 0 Å². The molecule has 0 amide bonds. The summed E-state index contributed by atoms with van der Waals surface area (Å²) < 4.78 is 0. The number of oxime groups is 1. The number of hydrogen-bond donors (Lipinski definition) is 2. The third-order valence-corrected chi connectivity index (χ3v) is 3.87. The molecular weight excluding hydrogens is 284 g/mol. The Labute approximate surface area is 125 Å². The van der Waals surface area contributed by atoms with Crippen LogP contribution in [0.2, 0.25) is 0 Å². The van der Waals surface area contributed by atoms with Gasteiger partial charge in [0.15, 0.2) is 5.84 Å². The van der Waals surface area contributed by atoms with Crippen LogP contribution in [0.5, 0.6) is 0 Å². The zero-order chi connectivity index (χ0) is 14.7. The van der Waals surface area contributed by atoms with Crippen molar-refractivity contribution in [1.82, 2.24) is 9.97 Å². The number of hydrogen-bond acceptors (Lipinski definition) is 5. The summed E-state index contributed by atoms with van der Waals surface area (Å²) in [5, 5.41) is 14.4. The predicted octanol–water partition coefficient (Wildman–Crippen LogP) is 2.88. The van der Waals surface area contributed by atoms with Gasteiger partial charge in [-0.3, -0.25) is 0 Å². The van der Waals surface area contributed by atoms with Gasteiger partial charge in [-0.2, -0.15) is 0 Å². The summed E-state index contributed by atoms with van der Waals surface area (Å²) in [6.45, 7) is 0. The summed E-state index contributed by atoms with van der Waals surface area (Å²) in [4.78, 5) is 8.85. The number of fused-ring (bicyclic) bond motifs is 1. The topological polar surface area (TPSA) is 84.4 Å². The molecule has 0 radical (unpaired) electrons. The number of aromatic nitrogens is 2. The maximum atomic E-state index is 8.96. The van der Waals surface area contributed by atoms with Crippen LogP contribution in [0.4, 0.5) is 0 Å². The normalized spacial score (nSPS) is 11.7. The molecule has 0 saturated heterocycles. The van der Waals surface area contributed by atoms with E-state index >= 15 is 0 Å². The molecule has 3 aromatic rings. The summed E-state index contributed by atoms with van der Waals surface area (Å²) in [6.07, 6.45) is 1.71. The van der Waals surface area contributed by atoms with Crippen LogP contribution in [-0.4, -0.2) is 21.0 Å². The Bertz CT molecular complexity index is 805. The van der Waals surface area contributed by atoms with Crippen molar-refractivity contribution in [2.75, 3.05) is 0 Å². The molecule has 0 fully saturated rings. The fourth-order valence-electron chi connectivity index (χ4n) is 1.92. The summed E-state index contributed by atoms with van der Waals surface area (Å²) in [7, 11) is 0. The van der Waals surface area contributed by atoms with Crippen molar-refractivity contribution in [3.8, 4) is 0 Å². The van der Waals surface area contributed by atoms with Crippen LogP contribution >= 0.6 is 11.8 Å². The Kier molecular flexibility index (Phi) is 3.70. The van der Waals surface area contributed by atoms with Crippen molar-refractivity contribution in [3.05, 3.63) is 60.3 Å². The number of amidine groups is 1. The van der Waals surface area contributed by atoms with Gasteiger partial charge < -0.3 is 10.9 Å². The number of pyridine rings is 2. The van der Waals surface area contributed by atoms with Crippen molar-refractivity contribution in [2.45, 2.75) is 10.1 Å². The molecule has 104 valence electrons. The third-order valence-electron chi connectivity index (χ3n) is 2.91. The van der Waals surface area contributed by atoms with Crippen molar-refractivity contribution in [1.29, 1.82) is 0 Å². The van der Waals surface area contributed by atoms with E-state index in [9.17, 15) is 0 Å². The van der Waals surface area contributed by atoms with Crippen LogP contribution in [0.1, 0.15) is 5.56 Å². The molecular formula is C15H12N4OS. The van der Waals surface area contributed by atoms with Crippen molar-refractivity contribution in [3.63, 3.8) is 0 Å². The summed E-state index contributed by atoms with van der Waals surface area (Å²) in [5.74, 6) is 0.0340. The standard InChI is InChI=1S/C15H12N4OS/c16-14(19-20)11-9-10-5-1-2-6-12(10)18-15(11)21-13-7-3-4-8-17-13/h1-9,20H,(H2,16,19). The van der Waals surface area contributed by atoms with E-state index in [-0.39, 0.29) is 5.84 Å². The number of para-hydroxylation sites is 1. The van der Waals surface area contributed by atoms with Gasteiger partial charge in [0.25, 0.3) is 0 Å². The van der Waals surface area contributed by atoms with E-state index < -0.39 is 0 Å². The van der Waals surface area contributed by atoms with Crippen molar-refractivity contribution < 1.29 is 5.21 Å². The number of nitrogens with two attached hydrogens (primary N) is 1. The van der Waals surface area contributed by atoms with Crippen LogP contribution in [0.3, 0.4) is 0 Å². The first-order chi connectivity index (χ1) is 10.3. The minimum absolute atomic E-state index is 0.0340. The fraction of sp³-hybridized carbons (Fsp3) is 0. The Balaban J connectivity index is 2.14. The van der Waals surface area contributed by atoms with Crippen LogP contribution < -0.4 is 5.73 Å². The molecule has 2 heterocycles. The molecule has 0 bridgehead atoms. The van der Waals surface area contributed by atoms with E-state index in [2.05, 4.69) is 15.1 Å². The van der Waals surface area contributed by atoms with Gasteiger partial charge in [-0.05, 0) is 36.0 Å². The number of benzene rings is 1. The second-order valence-corrected chi connectivity index (χ2v) is 5.30. The molecule has 5 nitrogen and oxygen atoms in total. The Morgan fingerprint density at radius 2 is 1.95 bits per heavy atom. The first-order valence-electron chi connectivity index (χ1n) is 6.24. The smallest absolute Gasteiger partial charge is 0.172 e. The first-order valence-corrected chi connectivity index (χ1v) is 7.06. The van der Waals surface area contributed by atoms with Gasteiger partial charge in [0.05, 0.1) is 11.1 Å². The molecule has 1 aromatic carbocycles. The van der Waals surface area contributed by atoms with E-state index in [0.717, 1.165) is 15.9 Å². The predicted molar refractivity (Wildman–Crippen MR) is 82.6 cm³/mol. The molecule has 6 heteroatoms. The van der Waals surface area contributed by atoms with Crippen LogP contribution in [0.25, 0.3) is 10.9 Å². The molecule has 0 aliphatic rings. The van der Waals surface area contributed by atoms with Gasteiger partial charge in [-0.1, -0.05) is 29.4 Å². The largest absolute Gasteiger partial charge is 0.409 e. The summed E-state index contributed by atoms with van der Waals surface area (Å²) in [6, 6.07) is 15.2. The van der Waals surface area contributed by atoms with Gasteiger partial charge in [-0.15, -0.1) is 0 Å². The molecule has 3 N–H and O–H groups in total. The zero-order valence-corrected chi connectivity index (χ0v) is 11.8. The lowest BCUT2D eigenvalue weighted by Crippen LogP contribution is -2.15. The molecule has 0 atom stereocenters. The quantitative estimate of drug-likeness (QED) is 0.336. The van der Waals surface area contributed by atoms with Gasteiger partial charge in [0, 0.05) is 11.6 Å². The minimum atomic E-state index is 0.0340. The Morgan fingerprint density at radius 1 is 1.14 bits per heavy atom. The second kappa shape index (κ2) is 5.80. The maximum absolute atomic E-state index is 8.96. The molecule has 0 saturated carbocycles. The average molecular weight is 296 g/mol. The molecule has 0 aliphatic carbocycles. The Hall–Kier alpha value is -2.60. The highest BCUT2D eigenvalue weighted by atomic mass is 32.2. The van der Waals surface area contributed by atoms with E-state index in [0.29, 0.717) is 10.6 Å². The van der Waals surface area contributed by atoms with E-state index in [1.807, 2.05) is 48.5 Å². The maximum Gasteiger partial charge on any atom is 0.172 e. The SMILES string of the molecule is NC(=NO)c1cc2ccccc2nc1Sc1ccccn1. The molecule has 0 aliphatic heterocycles. The minimum Gasteiger partial charge on any atom is -0.409 e. The molecule has 21 heavy (non-hydrogen) atoms. The number of rotatable bonds is 3. The van der Waals surface area contributed by atoms with Crippen molar-refractivity contribution in [2.24, 2.45) is 10.9 Å². The van der Waals surface area contributed by atoms with E-state index in [1.165, 1.54) is 11.8 Å². The number of nitrogens with zero attached hydrogens (tertiary/aromatic N) is 3. The molecule has 0 unspecified atom stereocenters.